The van der Waals surface area contributed by atoms with Crippen molar-refractivity contribution < 1.29 is 4.74 Å². The van der Waals surface area contributed by atoms with Crippen LogP contribution in [-0.2, 0) is 0 Å². The van der Waals surface area contributed by atoms with E-state index in [-0.39, 0.29) is 0 Å². The van der Waals surface area contributed by atoms with Gasteiger partial charge in [0.1, 0.15) is 11.8 Å². The highest BCUT2D eigenvalue weighted by molar-refractivity contribution is 9.10. The Labute approximate surface area is 91.6 Å². The van der Waals surface area contributed by atoms with Crippen LogP contribution in [0.3, 0.4) is 0 Å². The van der Waals surface area contributed by atoms with Crippen LogP contribution < -0.4 is 10.5 Å². The van der Waals surface area contributed by atoms with E-state index in [9.17, 15) is 0 Å². The molecule has 0 amide bonds. The molecule has 1 rings (SSSR count). The van der Waals surface area contributed by atoms with Crippen LogP contribution in [-0.4, -0.2) is 13.2 Å². The molecule has 0 aliphatic heterocycles. The van der Waals surface area contributed by atoms with Crippen LogP contribution in [0.25, 0.3) is 0 Å². The average molecular weight is 255 g/mol. The van der Waals surface area contributed by atoms with Crippen LogP contribution in [0.5, 0.6) is 5.75 Å². The molecule has 74 valence electrons. The lowest BCUT2D eigenvalue weighted by molar-refractivity contribution is 0.312. The Balaban J connectivity index is 2.72. The van der Waals surface area contributed by atoms with Crippen LogP contribution in [0.2, 0.25) is 0 Å². The van der Waals surface area contributed by atoms with E-state index in [1.54, 1.807) is 12.1 Å². The second kappa shape index (κ2) is 5.63. The second-order valence-corrected chi connectivity index (χ2v) is 3.66. The van der Waals surface area contributed by atoms with E-state index < -0.39 is 0 Å². The molecule has 4 heteroatoms. The smallest absolute Gasteiger partial charge is 0.137 e. The zero-order valence-electron chi connectivity index (χ0n) is 7.66. The quantitative estimate of drug-likeness (QED) is 0.837. The van der Waals surface area contributed by atoms with Crippen LogP contribution in [0.4, 0.5) is 0 Å². The normalized spacial score (nSPS) is 9.50. The highest BCUT2D eigenvalue weighted by Crippen LogP contribution is 2.22. The molecule has 0 heterocycles. The number of nitriles is 1. The largest absolute Gasteiger partial charge is 0.492 e. The topological polar surface area (TPSA) is 59.0 Å². The summed E-state index contributed by atoms with van der Waals surface area (Å²) in [5.41, 5.74) is 5.87. The zero-order valence-corrected chi connectivity index (χ0v) is 9.25. The van der Waals surface area contributed by atoms with E-state index in [0.29, 0.717) is 24.5 Å². The standard InChI is InChI=1S/C10H11BrN2O/c11-9-2-3-10(8(6-9)7-13)14-5-1-4-12/h2-3,6H,1,4-5,12H2. The molecule has 0 saturated heterocycles. The summed E-state index contributed by atoms with van der Waals surface area (Å²) < 4.78 is 6.28. The summed E-state index contributed by atoms with van der Waals surface area (Å²) in [7, 11) is 0. The monoisotopic (exact) mass is 254 g/mol. The van der Waals surface area contributed by atoms with Gasteiger partial charge in [-0.2, -0.15) is 5.26 Å². The molecule has 1 aromatic carbocycles. The van der Waals surface area contributed by atoms with E-state index in [2.05, 4.69) is 22.0 Å². The van der Waals surface area contributed by atoms with Gasteiger partial charge in [-0.25, -0.2) is 0 Å². The number of halogens is 1. The Hall–Kier alpha value is -1.05. The van der Waals surface area contributed by atoms with Gasteiger partial charge in [-0.15, -0.1) is 0 Å². The third kappa shape index (κ3) is 3.02. The molecule has 0 aromatic heterocycles. The fourth-order valence-corrected chi connectivity index (χ4v) is 1.34. The van der Waals surface area contributed by atoms with E-state index in [0.717, 1.165) is 10.9 Å². The molecule has 0 aliphatic rings. The van der Waals surface area contributed by atoms with Crippen molar-refractivity contribution in [1.82, 2.24) is 0 Å². The summed E-state index contributed by atoms with van der Waals surface area (Å²) in [5, 5.41) is 8.82. The SMILES string of the molecule is N#Cc1cc(Br)ccc1OCCCN. The molecule has 0 radical (unpaired) electrons. The Bertz CT molecular complexity index is 346. The van der Waals surface area contributed by atoms with Gasteiger partial charge in [-0.05, 0) is 31.2 Å². The number of hydrogen-bond acceptors (Lipinski definition) is 3. The molecule has 0 atom stereocenters. The third-order valence-electron chi connectivity index (χ3n) is 1.67. The van der Waals surface area contributed by atoms with E-state index >= 15 is 0 Å². The predicted octanol–water partition coefficient (Wildman–Crippen LogP) is 2.05. The molecular formula is C10H11BrN2O. The van der Waals surface area contributed by atoms with Crippen LogP contribution >= 0.6 is 15.9 Å². The summed E-state index contributed by atoms with van der Waals surface area (Å²) in [6.45, 7) is 1.14. The number of ether oxygens (including phenoxy) is 1. The first-order chi connectivity index (χ1) is 6.77. The van der Waals surface area contributed by atoms with Gasteiger partial charge in [0, 0.05) is 4.47 Å². The molecule has 0 spiro atoms. The summed E-state index contributed by atoms with van der Waals surface area (Å²) >= 11 is 3.29. The first-order valence-corrected chi connectivity index (χ1v) is 5.09. The summed E-state index contributed by atoms with van der Waals surface area (Å²) in [6, 6.07) is 7.43. The summed E-state index contributed by atoms with van der Waals surface area (Å²) in [5.74, 6) is 0.615. The first-order valence-electron chi connectivity index (χ1n) is 4.30. The minimum absolute atomic E-state index is 0.538. The van der Waals surface area contributed by atoms with Gasteiger partial charge in [-0.3, -0.25) is 0 Å². The fourth-order valence-electron chi connectivity index (χ4n) is 0.981. The number of nitrogens with two attached hydrogens (primary N) is 1. The van der Waals surface area contributed by atoms with Gasteiger partial charge in [0.05, 0.1) is 12.2 Å². The number of hydrogen-bond donors (Lipinski definition) is 1. The highest BCUT2D eigenvalue weighted by Gasteiger charge is 2.02. The molecule has 0 aliphatic carbocycles. The highest BCUT2D eigenvalue weighted by atomic mass is 79.9. The Morgan fingerprint density at radius 1 is 1.50 bits per heavy atom. The van der Waals surface area contributed by atoms with Crippen LogP contribution in [0, 0.1) is 11.3 Å². The van der Waals surface area contributed by atoms with E-state index in [1.165, 1.54) is 0 Å². The van der Waals surface area contributed by atoms with Gasteiger partial charge >= 0.3 is 0 Å². The van der Waals surface area contributed by atoms with Crippen molar-refractivity contribution in [3.8, 4) is 11.8 Å². The van der Waals surface area contributed by atoms with Gasteiger partial charge in [0.2, 0.25) is 0 Å². The van der Waals surface area contributed by atoms with Crippen molar-refractivity contribution >= 4 is 15.9 Å². The molecule has 0 fully saturated rings. The van der Waals surface area contributed by atoms with Crippen molar-refractivity contribution in [2.75, 3.05) is 13.2 Å². The molecular weight excluding hydrogens is 244 g/mol. The van der Waals surface area contributed by atoms with Crippen molar-refractivity contribution in [3.05, 3.63) is 28.2 Å². The minimum atomic E-state index is 0.538. The lowest BCUT2D eigenvalue weighted by Crippen LogP contribution is -2.06. The average Bonchev–Trinajstić information content (AvgIpc) is 2.20. The zero-order chi connectivity index (χ0) is 10.4. The van der Waals surface area contributed by atoms with E-state index in [4.69, 9.17) is 15.7 Å². The summed E-state index contributed by atoms with van der Waals surface area (Å²) in [4.78, 5) is 0. The minimum Gasteiger partial charge on any atom is -0.492 e. The van der Waals surface area contributed by atoms with Crippen molar-refractivity contribution in [1.29, 1.82) is 5.26 Å². The molecule has 14 heavy (non-hydrogen) atoms. The number of rotatable bonds is 4. The van der Waals surface area contributed by atoms with Gasteiger partial charge in [-0.1, -0.05) is 15.9 Å². The Morgan fingerprint density at radius 3 is 2.93 bits per heavy atom. The summed E-state index contributed by atoms with van der Waals surface area (Å²) in [6.07, 6.45) is 0.793. The maximum atomic E-state index is 8.82. The fraction of sp³-hybridized carbons (Fsp3) is 0.300. The number of nitrogens with zero attached hydrogens (tertiary/aromatic N) is 1. The van der Waals surface area contributed by atoms with E-state index in [1.807, 2.05) is 6.07 Å². The number of benzene rings is 1. The Kier molecular flexibility index (Phi) is 4.44. The first kappa shape index (κ1) is 11.0. The van der Waals surface area contributed by atoms with Crippen molar-refractivity contribution in [2.24, 2.45) is 5.73 Å². The third-order valence-corrected chi connectivity index (χ3v) is 2.16. The van der Waals surface area contributed by atoms with Crippen LogP contribution in [0.15, 0.2) is 22.7 Å². The Morgan fingerprint density at radius 2 is 2.29 bits per heavy atom. The second-order valence-electron chi connectivity index (χ2n) is 2.74. The van der Waals surface area contributed by atoms with Gasteiger partial charge in [0.15, 0.2) is 0 Å². The maximum absolute atomic E-state index is 8.82. The van der Waals surface area contributed by atoms with Gasteiger partial charge < -0.3 is 10.5 Å². The molecule has 0 unspecified atom stereocenters. The molecule has 0 bridgehead atoms. The van der Waals surface area contributed by atoms with Crippen LogP contribution in [0.1, 0.15) is 12.0 Å². The van der Waals surface area contributed by atoms with Crippen molar-refractivity contribution in [3.63, 3.8) is 0 Å². The maximum Gasteiger partial charge on any atom is 0.137 e. The molecule has 2 N–H and O–H groups in total. The molecule has 1 aromatic rings. The lowest BCUT2D eigenvalue weighted by Gasteiger charge is -2.06. The molecule has 0 saturated carbocycles. The lowest BCUT2D eigenvalue weighted by atomic mass is 10.2. The molecule has 3 nitrogen and oxygen atoms in total. The van der Waals surface area contributed by atoms with Crippen molar-refractivity contribution in [2.45, 2.75) is 6.42 Å². The van der Waals surface area contributed by atoms with Gasteiger partial charge in [0.25, 0.3) is 0 Å². The predicted molar refractivity (Wildman–Crippen MR) is 58.0 cm³/mol.